The van der Waals surface area contributed by atoms with Gasteiger partial charge >= 0.3 is 0 Å². The number of phenolic OH excluding ortho intramolecular Hbond substituents is 1. The van der Waals surface area contributed by atoms with Crippen molar-refractivity contribution in [1.82, 2.24) is 0 Å². The molecule has 0 aromatic heterocycles. The zero-order valence-corrected chi connectivity index (χ0v) is 8.20. The maximum absolute atomic E-state index is 9.48. The monoisotopic (exact) mass is 197 g/mol. The molecular formula is C10H12ClNO. The van der Waals surface area contributed by atoms with Crippen LogP contribution in [0, 0.1) is 0 Å². The lowest BCUT2D eigenvalue weighted by Gasteiger charge is -2.17. The minimum atomic E-state index is 0.285. The zero-order valence-electron chi connectivity index (χ0n) is 7.44. The SMILES string of the molecule is CN(C/C=C/Cl)c1ccccc1O. The first-order chi connectivity index (χ1) is 6.25. The van der Waals surface area contributed by atoms with Gasteiger partial charge in [-0.1, -0.05) is 29.8 Å². The van der Waals surface area contributed by atoms with Crippen molar-refractivity contribution in [3.63, 3.8) is 0 Å². The van der Waals surface area contributed by atoms with Crippen LogP contribution in [0.15, 0.2) is 35.9 Å². The second-order valence-corrected chi connectivity index (χ2v) is 2.98. The van der Waals surface area contributed by atoms with E-state index in [0.717, 1.165) is 5.69 Å². The van der Waals surface area contributed by atoms with Crippen LogP contribution in [-0.2, 0) is 0 Å². The molecule has 70 valence electrons. The Morgan fingerprint density at radius 2 is 2.15 bits per heavy atom. The Labute approximate surface area is 83.1 Å². The van der Waals surface area contributed by atoms with Gasteiger partial charge in [-0.15, -0.1) is 0 Å². The van der Waals surface area contributed by atoms with Gasteiger partial charge in [0.15, 0.2) is 0 Å². The van der Waals surface area contributed by atoms with Crippen LogP contribution in [0.3, 0.4) is 0 Å². The fourth-order valence-electron chi connectivity index (χ4n) is 1.08. The second kappa shape index (κ2) is 4.77. The minimum absolute atomic E-state index is 0.285. The van der Waals surface area contributed by atoms with Gasteiger partial charge in [-0.2, -0.15) is 0 Å². The second-order valence-electron chi connectivity index (χ2n) is 2.73. The molecule has 0 spiro atoms. The summed E-state index contributed by atoms with van der Waals surface area (Å²) < 4.78 is 0. The molecule has 0 aliphatic rings. The van der Waals surface area contributed by atoms with Crippen molar-refractivity contribution in [2.45, 2.75) is 0 Å². The van der Waals surface area contributed by atoms with E-state index in [1.807, 2.05) is 30.2 Å². The van der Waals surface area contributed by atoms with E-state index in [4.69, 9.17) is 11.6 Å². The Morgan fingerprint density at radius 3 is 2.77 bits per heavy atom. The molecular weight excluding hydrogens is 186 g/mol. The van der Waals surface area contributed by atoms with Crippen molar-refractivity contribution < 1.29 is 5.11 Å². The molecule has 1 N–H and O–H groups in total. The quantitative estimate of drug-likeness (QED) is 0.805. The summed E-state index contributed by atoms with van der Waals surface area (Å²) in [5.74, 6) is 0.285. The highest BCUT2D eigenvalue weighted by atomic mass is 35.5. The van der Waals surface area contributed by atoms with Gasteiger partial charge in [-0.3, -0.25) is 0 Å². The van der Waals surface area contributed by atoms with Crippen LogP contribution in [0.5, 0.6) is 5.75 Å². The number of likely N-dealkylation sites (N-methyl/N-ethyl adjacent to an activating group) is 1. The molecule has 0 heterocycles. The molecule has 2 nitrogen and oxygen atoms in total. The fraction of sp³-hybridized carbons (Fsp3) is 0.200. The summed E-state index contributed by atoms with van der Waals surface area (Å²) in [6.45, 7) is 0.682. The van der Waals surface area contributed by atoms with E-state index < -0.39 is 0 Å². The van der Waals surface area contributed by atoms with E-state index >= 15 is 0 Å². The number of benzene rings is 1. The summed E-state index contributed by atoms with van der Waals surface area (Å²) in [5, 5.41) is 9.48. The van der Waals surface area contributed by atoms with Crippen molar-refractivity contribution in [1.29, 1.82) is 0 Å². The van der Waals surface area contributed by atoms with Crippen LogP contribution in [0.4, 0.5) is 5.69 Å². The van der Waals surface area contributed by atoms with Gasteiger partial charge in [0.05, 0.1) is 5.69 Å². The number of aromatic hydroxyl groups is 1. The molecule has 0 bridgehead atoms. The number of anilines is 1. The standard InChI is InChI=1S/C10H12ClNO/c1-12(8-4-7-11)9-5-2-3-6-10(9)13/h2-7,13H,8H2,1H3/b7-4+. The van der Waals surface area contributed by atoms with Crippen molar-refractivity contribution >= 4 is 17.3 Å². The largest absolute Gasteiger partial charge is 0.506 e. The summed E-state index contributed by atoms with van der Waals surface area (Å²) in [5.41, 5.74) is 2.27. The van der Waals surface area contributed by atoms with Crippen LogP contribution in [-0.4, -0.2) is 18.7 Å². The Hall–Kier alpha value is -1.15. The first-order valence-electron chi connectivity index (χ1n) is 4.00. The maximum atomic E-state index is 9.48. The Kier molecular flexibility index (Phi) is 3.65. The van der Waals surface area contributed by atoms with Crippen LogP contribution in [0.2, 0.25) is 0 Å². The first-order valence-corrected chi connectivity index (χ1v) is 4.43. The van der Waals surface area contributed by atoms with E-state index in [0.29, 0.717) is 6.54 Å². The third-order valence-electron chi connectivity index (χ3n) is 1.76. The normalized spacial score (nSPS) is 10.6. The highest BCUT2D eigenvalue weighted by Crippen LogP contribution is 2.24. The smallest absolute Gasteiger partial charge is 0.138 e. The predicted molar refractivity (Wildman–Crippen MR) is 56.4 cm³/mol. The van der Waals surface area contributed by atoms with Crippen LogP contribution >= 0.6 is 11.6 Å². The molecule has 0 radical (unpaired) electrons. The topological polar surface area (TPSA) is 23.5 Å². The summed E-state index contributed by atoms with van der Waals surface area (Å²) in [7, 11) is 1.89. The van der Waals surface area contributed by atoms with Crippen LogP contribution < -0.4 is 4.90 Å². The molecule has 3 heteroatoms. The number of hydrogen-bond donors (Lipinski definition) is 1. The van der Waals surface area contributed by atoms with Crippen LogP contribution in [0.25, 0.3) is 0 Å². The Balaban J connectivity index is 2.76. The van der Waals surface area contributed by atoms with Gasteiger partial charge in [0.2, 0.25) is 0 Å². The molecule has 0 amide bonds. The fourth-order valence-corrected chi connectivity index (χ4v) is 1.16. The number of rotatable bonds is 3. The average molecular weight is 198 g/mol. The molecule has 0 saturated heterocycles. The van der Waals surface area contributed by atoms with Crippen molar-refractivity contribution in [2.24, 2.45) is 0 Å². The summed E-state index contributed by atoms with van der Waals surface area (Å²) in [4.78, 5) is 1.91. The lowest BCUT2D eigenvalue weighted by Crippen LogP contribution is -2.16. The molecule has 0 unspecified atom stereocenters. The maximum Gasteiger partial charge on any atom is 0.138 e. The lowest BCUT2D eigenvalue weighted by atomic mass is 10.2. The molecule has 0 aliphatic heterocycles. The first kappa shape index (κ1) is 9.93. The lowest BCUT2D eigenvalue weighted by molar-refractivity contribution is 0.475. The third kappa shape index (κ3) is 2.67. The Morgan fingerprint density at radius 1 is 1.46 bits per heavy atom. The number of para-hydroxylation sites is 2. The van der Waals surface area contributed by atoms with Gasteiger partial charge in [-0.05, 0) is 12.1 Å². The summed E-state index contributed by atoms with van der Waals surface area (Å²) >= 11 is 5.40. The number of phenols is 1. The van der Waals surface area contributed by atoms with E-state index in [-0.39, 0.29) is 5.75 Å². The van der Waals surface area contributed by atoms with Gasteiger partial charge in [0.25, 0.3) is 0 Å². The molecule has 13 heavy (non-hydrogen) atoms. The van der Waals surface area contributed by atoms with E-state index in [1.54, 1.807) is 12.1 Å². The van der Waals surface area contributed by atoms with Crippen molar-refractivity contribution in [2.75, 3.05) is 18.5 Å². The molecule has 0 aliphatic carbocycles. The molecule has 1 aromatic carbocycles. The highest BCUT2D eigenvalue weighted by Gasteiger charge is 2.02. The van der Waals surface area contributed by atoms with Gasteiger partial charge in [0, 0.05) is 19.1 Å². The van der Waals surface area contributed by atoms with Gasteiger partial charge in [0.1, 0.15) is 5.75 Å². The Bertz CT molecular complexity index is 299. The van der Waals surface area contributed by atoms with Crippen molar-refractivity contribution in [3.05, 3.63) is 35.9 Å². The summed E-state index contributed by atoms with van der Waals surface area (Å²) in [6.07, 6.45) is 1.81. The predicted octanol–water partition coefficient (Wildman–Crippen LogP) is 2.58. The van der Waals surface area contributed by atoms with E-state index in [9.17, 15) is 5.11 Å². The molecule has 0 fully saturated rings. The molecule has 1 aromatic rings. The number of hydrogen-bond acceptors (Lipinski definition) is 2. The number of halogens is 1. The van der Waals surface area contributed by atoms with Gasteiger partial charge < -0.3 is 10.0 Å². The number of nitrogens with zero attached hydrogens (tertiary/aromatic N) is 1. The molecule has 0 saturated carbocycles. The molecule has 1 rings (SSSR count). The van der Waals surface area contributed by atoms with Gasteiger partial charge in [-0.25, -0.2) is 0 Å². The highest BCUT2D eigenvalue weighted by molar-refractivity contribution is 6.25. The van der Waals surface area contributed by atoms with E-state index in [1.165, 1.54) is 5.54 Å². The molecule has 0 atom stereocenters. The average Bonchev–Trinajstić information content (AvgIpc) is 2.15. The summed E-state index contributed by atoms with van der Waals surface area (Å²) in [6, 6.07) is 7.20. The zero-order chi connectivity index (χ0) is 9.68. The third-order valence-corrected chi connectivity index (χ3v) is 1.94. The van der Waals surface area contributed by atoms with E-state index in [2.05, 4.69) is 0 Å². The van der Waals surface area contributed by atoms with Crippen molar-refractivity contribution in [3.8, 4) is 5.75 Å². The van der Waals surface area contributed by atoms with Crippen LogP contribution in [0.1, 0.15) is 0 Å². The minimum Gasteiger partial charge on any atom is -0.506 e.